The molecule has 0 aliphatic rings. The highest BCUT2D eigenvalue weighted by atomic mass is 32.2. The summed E-state index contributed by atoms with van der Waals surface area (Å²) in [6, 6.07) is 1.11. The van der Waals surface area contributed by atoms with E-state index in [1.807, 2.05) is 6.92 Å². The number of carbonyl (C=O) groups is 1. The molecule has 0 saturated heterocycles. The molecule has 0 unspecified atom stereocenters. The summed E-state index contributed by atoms with van der Waals surface area (Å²) in [5.41, 5.74) is 0.118. The number of hydrogen-bond donors (Lipinski definition) is 3. The fourth-order valence-electron chi connectivity index (χ4n) is 1.56. The van der Waals surface area contributed by atoms with Gasteiger partial charge in [-0.25, -0.2) is 22.5 Å². The van der Waals surface area contributed by atoms with Gasteiger partial charge in [0.1, 0.15) is 11.6 Å². The van der Waals surface area contributed by atoms with Gasteiger partial charge in [-0.05, 0) is 19.4 Å². The molecule has 0 aliphatic heterocycles. The van der Waals surface area contributed by atoms with Crippen LogP contribution in [0.25, 0.3) is 0 Å². The highest BCUT2D eigenvalue weighted by Gasteiger charge is 2.13. The van der Waals surface area contributed by atoms with Crippen molar-refractivity contribution in [3.05, 3.63) is 23.6 Å². The molecule has 3 N–H and O–H groups in total. The highest BCUT2D eigenvalue weighted by molar-refractivity contribution is 7.88. The van der Waals surface area contributed by atoms with E-state index in [4.69, 9.17) is 0 Å². The molecule has 1 amide bonds. The van der Waals surface area contributed by atoms with Crippen LogP contribution < -0.4 is 15.4 Å². The van der Waals surface area contributed by atoms with E-state index in [1.54, 1.807) is 0 Å². The Morgan fingerprint density at radius 2 is 2.10 bits per heavy atom. The summed E-state index contributed by atoms with van der Waals surface area (Å²) >= 11 is 0. The van der Waals surface area contributed by atoms with Crippen molar-refractivity contribution in [1.29, 1.82) is 0 Å². The molecule has 1 aromatic heterocycles. The number of halogens is 1. The van der Waals surface area contributed by atoms with Crippen molar-refractivity contribution in [1.82, 2.24) is 15.0 Å². The number of sulfonamides is 1. The number of aromatic nitrogens is 1. The van der Waals surface area contributed by atoms with E-state index in [0.717, 1.165) is 18.5 Å². The van der Waals surface area contributed by atoms with Gasteiger partial charge in [-0.3, -0.25) is 4.79 Å². The van der Waals surface area contributed by atoms with Crippen molar-refractivity contribution in [2.75, 3.05) is 31.2 Å². The highest BCUT2D eigenvalue weighted by Crippen LogP contribution is 2.13. The van der Waals surface area contributed by atoms with Crippen LogP contribution in [0.15, 0.2) is 12.3 Å². The van der Waals surface area contributed by atoms with E-state index in [9.17, 15) is 17.6 Å². The van der Waals surface area contributed by atoms with Crippen LogP contribution in [0.2, 0.25) is 0 Å². The first-order chi connectivity index (χ1) is 9.83. The van der Waals surface area contributed by atoms with E-state index < -0.39 is 21.7 Å². The maximum absolute atomic E-state index is 13.2. The summed E-state index contributed by atoms with van der Waals surface area (Å²) in [5.74, 6) is -0.747. The van der Waals surface area contributed by atoms with E-state index in [1.165, 1.54) is 0 Å². The lowest BCUT2D eigenvalue weighted by Gasteiger charge is -2.10. The average molecular weight is 318 g/mol. The number of nitrogens with zero attached hydrogens (tertiary/aromatic N) is 1. The molecule has 0 saturated carbocycles. The second kappa shape index (κ2) is 7.89. The second-order valence-corrected chi connectivity index (χ2v) is 6.19. The summed E-state index contributed by atoms with van der Waals surface area (Å²) in [5, 5.41) is 5.47. The quantitative estimate of drug-likeness (QED) is 0.600. The molecule has 1 aromatic rings. The predicted molar refractivity (Wildman–Crippen MR) is 78.2 cm³/mol. The first kappa shape index (κ1) is 17.3. The Morgan fingerprint density at radius 1 is 1.38 bits per heavy atom. The van der Waals surface area contributed by atoms with Crippen molar-refractivity contribution < 1.29 is 17.6 Å². The van der Waals surface area contributed by atoms with E-state index >= 15 is 0 Å². The standard InChI is InChI=1S/C12H19FN4O3S/c1-3-14-11-10(7-9(13)8-16-11)12(18)15-5-4-6-17-21(2,19)20/h7-8,17H,3-6H2,1-2H3,(H,14,16)(H,15,18). The second-order valence-electron chi connectivity index (χ2n) is 4.36. The third-order valence-corrected chi connectivity index (χ3v) is 3.18. The zero-order valence-electron chi connectivity index (χ0n) is 11.9. The summed E-state index contributed by atoms with van der Waals surface area (Å²) in [6.45, 7) is 2.88. The lowest BCUT2D eigenvalue weighted by molar-refractivity contribution is 0.0953. The number of hydrogen-bond acceptors (Lipinski definition) is 5. The lowest BCUT2D eigenvalue weighted by atomic mass is 10.2. The van der Waals surface area contributed by atoms with E-state index in [0.29, 0.717) is 18.8 Å². The summed E-state index contributed by atoms with van der Waals surface area (Å²) in [6.07, 6.45) is 2.52. The third kappa shape index (κ3) is 6.50. The van der Waals surface area contributed by atoms with Gasteiger partial charge in [-0.2, -0.15) is 0 Å². The molecule has 118 valence electrons. The molecule has 9 heteroatoms. The van der Waals surface area contributed by atoms with Crippen molar-refractivity contribution in [2.24, 2.45) is 0 Å². The molecule has 1 rings (SSSR count). The molecular formula is C12H19FN4O3S. The van der Waals surface area contributed by atoms with Gasteiger partial charge in [-0.1, -0.05) is 0 Å². The number of anilines is 1. The van der Waals surface area contributed by atoms with Gasteiger partial charge in [0.05, 0.1) is 18.0 Å². The fraction of sp³-hybridized carbons (Fsp3) is 0.500. The van der Waals surface area contributed by atoms with Crippen LogP contribution in [-0.2, 0) is 10.0 Å². The lowest BCUT2D eigenvalue weighted by Crippen LogP contribution is -2.30. The molecule has 0 radical (unpaired) electrons. The predicted octanol–water partition coefficient (Wildman–Crippen LogP) is 0.322. The van der Waals surface area contributed by atoms with Crippen LogP contribution >= 0.6 is 0 Å². The van der Waals surface area contributed by atoms with Gasteiger partial charge in [0.25, 0.3) is 5.91 Å². The third-order valence-electron chi connectivity index (χ3n) is 2.45. The zero-order valence-corrected chi connectivity index (χ0v) is 12.8. The van der Waals surface area contributed by atoms with Crippen LogP contribution in [0.4, 0.5) is 10.2 Å². The van der Waals surface area contributed by atoms with Crippen LogP contribution in [0, 0.1) is 5.82 Å². The molecule has 0 aliphatic carbocycles. The Hall–Kier alpha value is -1.74. The number of amides is 1. The molecule has 7 nitrogen and oxygen atoms in total. The van der Waals surface area contributed by atoms with Crippen molar-refractivity contribution in [3.63, 3.8) is 0 Å². The maximum Gasteiger partial charge on any atom is 0.255 e. The number of carbonyl (C=O) groups excluding carboxylic acids is 1. The SMILES string of the molecule is CCNc1ncc(F)cc1C(=O)NCCCNS(C)(=O)=O. The van der Waals surface area contributed by atoms with Crippen LogP contribution in [-0.4, -0.2) is 45.2 Å². The number of pyridine rings is 1. The van der Waals surface area contributed by atoms with Gasteiger partial charge in [0, 0.05) is 19.6 Å². The van der Waals surface area contributed by atoms with Crippen LogP contribution in [0.5, 0.6) is 0 Å². The Kier molecular flexibility index (Phi) is 6.50. The van der Waals surface area contributed by atoms with Gasteiger partial charge in [-0.15, -0.1) is 0 Å². The van der Waals surface area contributed by atoms with Crippen molar-refractivity contribution in [3.8, 4) is 0 Å². The minimum Gasteiger partial charge on any atom is -0.370 e. The normalized spacial score (nSPS) is 11.2. The Balaban J connectivity index is 2.53. The smallest absolute Gasteiger partial charge is 0.255 e. The van der Waals surface area contributed by atoms with Crippen LogP contribution in [0.1, 0.15) is 23.7 Å². The topological polar surface area (TPSA) is 100 Å². The average Bonchev–Trinajstić information content (AvgIpc) is 2.39. The molecular weight excluding hydrogens is 299 g/mol. The number of rotatable bonds is 8. The fourth-order valence-corrected chi connectivity index (χ4v) is 2.08. The number of nitrogens with one attached hydrogen (secondary N) is 3. The van der Waals surface area contributed by atoms with Gasteiger partial charge < -0.3 is 10.6 Å². The molecule has 1 heterocycles. The molecule has 21 heavy (non-hydrogen) atoms. The zero-order chi connectivity index (χ0) is 15.9. The Bertz CT molecular complexity index is 592. The van der Waals surface area contributed by atoms with Crippen molar-refractivity contribution >= 4 is 21.7 Å². The molecule has 0 atom stereocenters. The molecule has 0 spiro atoms. The largest absolute Gasteiger partial charge is 0.370 e. The van der Waals surface area contributed by atoms with E-state index in [-0.39, 0.29) is 18.7 Å². The first-order valence-corrected chi connectivity index (χ1v) is 8.35. The Morgan fingerprint density at radius 3 is 2.71 bits per heavy atom. The summed E-state index contributed by atoms with van der Waals surface area (Å²) in [7, 11) is -3.23. The van der Waals surface area contributed by atoms with E-state index in [2.05, 4.69) is 20.3 Å². The minimum atomic E-state index is -3.23. The summed E-state index contributed by atoms with van der Waals surface area (Å²) in [4.78, 5) is 15.8. The maximum atomic E-state index is 13.2. The van der Waals surface area contributed by atoms with Crippen molar-refractivity contribution in [2.45, 2.75) is 13.3 Å². The van der Waals surface area contributed by atoms with Gasteiger partial charge >= 0.3 is 0 Å². The molecule has 0 aromatic carbocycles. The first-order valence-electron chi connectivity index (χ1n) is 6.45. The Labute approximate surface area is 123 Å². The minimum absolute atomic E-state index is 0.118. The molecule has 0 bridgehead atoms. The van der Waals surface area contributed by atoms with Gasteiger partial charge in [0.2, 0.25) is 10.0 Å². The summed E-state index contributed by atoms with van der Waals surface area (Å²) < 4.78 is 37.2. The van der Waals surface area contributed by atoms with Crippen LogP contribution in [0.3, 0.4) is 0 Å². The van der Waals surface area contributed by atoms with Gasteiger partial charge in [0.15, 0.2) is 0 Å². The molecule has 0 fully saturated rings. The monoisotopic (exact) mass is 318 g/mol.